The van der Waals surface area contributed by atoms with Crippen molar-refractivity contribution in [2.45, 2.75) is 6.92 Å². The normalized spacial score (nSPS) is 10.2. The number of hydrogen-bond acceptors (Lipinski definition) is 5. The van der Waals surface area contributed by atoms with E-state index >= 15 is 0 Å². The van der Waals surface area contributed by atoms with Gasteiger partial charge in [-0.25, -0.2) is 0 Å². The van der Waals surface area contributed by atoms with E-state index in [4.69, 9.17) is 0 Å². The van der Waals surface area contributed by atoms with Crippen molar-refractivity contribution in [1.82, 2.24) is 0 Å². The molecule has 0 radical (unpaired) electrons. The summed E-state index contributed by atoms with van der Waals surface area (Å²) in [6, 6.07) is 7.92. The van der Waals surface area contributed by atoms with E-state index in [2.05, 4.69) is 0 Å². The minimum Gasteiger partial charge on any atom is -0.508 e. The summed E-state index contributed by atoms with van der Waals surface area (Å²) in [4.78, 5) is 20.4. The zero-order valence-corrected chi connectivity index (χ0v) is 10.4. The Morgan fingerprint density at radius 2 is 1.60 bits per heavy atom. The predicted molar refractivity (Wildman–Crippen MR) is 71.6 cm³/mol. The van der Waals surface area contributed by atoms with E-state index in [0.717, 1.165) is 6.07 Å². The number of nitro benzene ring substituents is 2. The van der Waals surface area contributed by atoms with Gasteiger partial charge in [0, 0.05) is 6.07 Å². The number of aromatic hydroxyl groups is 1. The topological polar surface area (TPSA) is 107 Å². The molecule has 1 N–H and O–H groups in total. The van der Waals surface area contributed by atoms with Crippen LogP contribution in [0.25, 0.3) is 11.1 Å². The maximum atomic E-state index is 11.1. The van der Waals surface area contributed by atoms with Crippen LogP contribution in [0.4, 0.5) is 11.4 Å². The van der Waals surface area contributed by atoms with Crippen LogP contribution in [-0.4, -0.2) is 15.0 Å². The standard InChI is InChI=1S/C13H10N2O5/c1-8-6-10(16)3-5-11(8)12-4-2-9(14(17)18)7-13(12)15(19)20/h2-7,16H,1H3. The van der Waals surface area contributed by atoms with Crippen LogP contribution >= 0.6 is 0 Å². The monoisotopic (exact) mass is 274 g/mol. The van der Waals surface area contributed by atoms with Gasteiger partial charge < -0.3 is 5.11 Å². The Morgan fingerprint density at radius 1 is 0.950 bits per heavy atom. The summed E-state index contributed by atoms with van der Waals surface area (Å²) < 4.78 is 0. The second-order valence-corrected chi connectivity index (χ2v) is 4.21. The zero-order chi connectivity index (χ0) is 14.9. The number of phenolic OH excluding ortho intramolecular Hbond substituents is 1. The Hall–Kier alpha value is -2.96. The Kier molecular flexibility index (Phi) is 3.34. The van der Waals surface area contributed by atoms with E-state index in [0.29, 0.717) is 11.1 Å². The molecule has 0 fully saturated rings. The summed E-state index contributed by atoms with van der Waals surface area (Å²) in [5.74, 6) is 0.0517. The van der Waals surface area contributed by atoms with Gasteiger partial charge in [-0.3, -0.25) is 20.2 Å². The molecular weight excluding hydrogens is 264 g/mol. The van der Waals surface area contributed by atoms with Crippen LogP contribution in [0.5, 0.6) is 5.75 Å². The maximum Gasteiger partial charge on any atom is 0.284 e. The summed E-state index contributed by atoms with van der Waals surface area (Å²) in [6.07, 6.45) is 0. The predicted octanol–water partition coefficient (Wildman–Crippen LogP) is 3.18. The maximum absolute atomic E-state index is 11.1. The van der Waals surface area contributed by atoms with Crippen molar-refractivity contribution in [3.05, 3.63) is 62.2 Å². The Bertz CT molecular complexity index is 712. The third kappa shape index (κ3) is 2.41. The number of hydrogen-bond donors (Lipinski definition) is 1. The molecule has 2 aromatic rings. The van der Waals surface area contributed by atoms with Crippen molar-refractivity contribution >= 4 is 11.4 Å². The summed E-state index contributed by atoms with van der Waals surface area (Å²) >= 11 is 0. The van der Waals surface area contributed by atoms with Gasteiger partial charge in [0.1, 0.15) is 5.75 Å². The van der Waals surface area contributed by atoms with Crippen LogP contribution in [0.15, 0.2) is 36.4 Å². The van der Waals surface area contributed by atoms with Crippen LogP contribution < -0.4 is 0 Å². The van der Waals surface area contributed by atoms with Crippen molar-refractivity contribution in [2.75, 3.05) is 0 Å². The molecule has 0 aromatic heterocycles. The Morgan fingerprint density at radius 3 is 2.15 bits per heavy atom. The molecule has 0 aliphatic rings. The lowest BCUT2D eigenvalue weighted by Crippen LogP contribution is -1.96. The van der Waals surface area contributed by atoms with Crippen LogP contribution in [0.3, 0.4) is 0 Å². The molecular formula is C13H10N2O5. The molecule has 0 heterocycles. The first-order valence-electron chi connectivity index (χ1n) is 5.63. The van der Waals surface area contributed by atoms with Gasteiger partial charge in [0.05, 0.1) is 21.5 Å². The first kappa shape index (κ1) is 13.5. The molecule has 20 heavy (non-hydrogen) atoms. The van der Waals surface area contributed by atoms with Crippen molar-refractivity contribution in [1.29, 1.82) is 0 Å². The van der Waals surface area contributed by atoms with E-state index in [1.807, 2.05) is 0 Å². The highest BCUT2D eigenvalue weighted by atomic mass is 16.6. The van der Waals surface area contributed by atoms with Gasteiger partial charge in [0.15, 0.2) is 0 Å². The minimum atomic E-state index is -0.680. The fourth-order valence-electron chi connectivity index (χ4n) is 1.96. The largest absolute Gasteiger partial charge is 0.508 e. The zero-order valence-electron chi connectivity index (χ0n) is 10.4. The molecule has 7 heteroatoms. The summed E-state index contributed by atoms with van der Waals surface area (Å²) in [7, 11) is 0. The summed E-state index contributed by atoms with van der Waals surface area (Å²) in [5, 5.41) is 31.1. The highest BCUT2D eigenvalue weighted by Gasteiger charge is 2.21. The average molecular weight is 274 g/mol. The van der Waals surface area contributed by atoms with Crippen molar-refractivity contribution < 1.29 is 15.0 Å². The molecule has 0 aliphatic heterocycles. The average Bonchev–Trinajstić information content (AvgIpc) is 2.38. The van der Waals surface area contributed by atoms with E-state index in [1.54, 1.807) is 13.0 Å². The van der Waals surface area contributed by atoms with Gasteiger partial charge in [-0.05, 0) is 36.2 Å². The van der Waals surface area contributed by atoms with Gasteiger partial charge in [0.25, 0.3) is 11.4 Å². The number of rotatable bonds is 3. The molecule has 0 amide bonds. The molecule has 102 valence electrons. The lowest BCUT2D eigenvalue weighted by molar-refractivity contribution is -0.393. The fraction of sp³-hybridized carbons (Fsp3) is 0.0769. The number of phenols is 1. The lowest BCUT2D eigenvalue weighted by Gasteiger charge is -2.07. The molecule has 0 saturated heterocycles. The summed E-state index contributed by atoms with van der Waals surface area (Å²) in [5.41, 5.74) is 0.786. The quantitative estimate of drug-likeness (QED) is 0.683. The van der Waals surface area contributed by atoms with Crippen LogP contribution in [0, 0.1) is 27.2 Å². The van der Waals surface area contributed by atoms with Crippen LogP contribution in [0.2, 0.25) is 0 Å². The first-order valence-corrected chi connectivity index (χ1v) is 5.63. The fourth-order valence-corrected chi connectivity index (χ4v) is 1.96. The number of nitro groups is 2. The number of benzene rings is 2. The van der Waals surface area contributed by atoms with Gasteiger partial charge in [-0.1, -0.05) is 6.07 Å². The third-order valence-corrected chi connectivity index (χ3v) is 2.89. The van der Waals surface area contributed by atoms with E-state index < -0.39 is 9.85 Å². The Balaban J connectivity index is 2.67. The number of nitrogens with zero attached hydrogens (tertiary/aromatic N) is 2. The highest BCUT2D eigenvalue weighted by molar-refractivity contribution is 5.78. The molecule has 2 rings (SSSR count). The smallest absolute Gasteiger partial charge is 0.284 e. The van der Waals surface area contributed by atoms with E-state index in [9.17, 15) is 25.3 Å². The second-order valence-electron chi connectivity index (χ2n) is 4.21. The highest BCUT2D eigenvalue weighted by Crippen LogP contribution is 2.35. The lowest BCUT2D eigenvalue weighted by atomic mass is 9.98. The van der Waals surface area contributed by atoms with Crippen LogP contribution in [0.1, 0.15) is 5.56 Å². The van der Waals surface area contributed by atoms with Crippen molar-refractivity contribution in [3.63, 3.8) is 0 Å². The second kappa shape index (κ2) is 4.96. The van der Waals surface area contributed by atoms with E-state index in [-0.39, 0.29) is 22.7 Å². The molecule has 0 saturated carbocycles. The molecule has 0 aliphatic carbocycles. The SMILES string of the molecule is Cc1cc(O)ccc1-c1ccc([N+](=O)[O-])cc1[N+](=O)[O-]. The van der Waals surface area contributed by atoms with Gasteiger partial charge in [0.2, 0.25) is 0 Å². The Labute approximate surface area is 113 Å². The number of non-ortho nitro benzene ring substituents is 1. The molecule has 7 nitrogen and oxygen atoms in total. The summed E-state index contributed by atoms with van der Waals surface area (Å²) in [6.45, 7) is 1.69. The molecule has 0 bridgehead atoms. The van der Waals surface area contributed by atoms with E-state index in [1.165, 1.54) is 24.3 Å². The molecule has 2 aromatic carbocycles. The van der Waals surface area contributed by atoms with Gasteiger partial charge in [-0.2, -0.15) is 0 Å². The van der Waals surface area contributed by atoms with Gasteiger partial charge >= 0.3 is 0 Å². The number of aryl methyl sites for hydroxylation is 1. The molecule has 0 unspecified atom stereocenters. The third-order valence-electron chi connectivity index (χ3n) is 2.89. The first-order chi connectivity index (χ1) is 9.40. The van der Waals surface area contributed by atoms with Gasteiger partial charge in [-0.15, -0.1) is 0 Å². The van der Waals surface area contributed by atoms with Crippen molar-refractivity contribution in [2.24, 2.45) is 0 Å². The molecule has 0 spiro atoms. The van der Waals surface area contributed by atoms with Crippen molar-refractivity contribution in [3.8, 4) is 16.9 Å². The van der Waals surface area contributed by atoms with Crippen LogP contribution in [-0.2, 0) is 0 Å². The minimum absolute atomic E-state index is 0.0517. The molecule has 0 atom stereocenters.